The first-order chi connectivity index (χ1) is 29.4. The standard InChI is InChI=1S/C52H35Cl2N5O/c1-31-38(53)29-36(52(60)51(31)54)30-55-37-19-17-35(18-20-37)50-45-27-25-43(58-45)48(33-13-7-3-8-14-33)41-23-21-39(56-41)47(32-11-5-2-6-12-32)40-22-24-42(57-40)49(34-15-9-4-10-16-34)44-26-28-46(50)59-44/h2-30,56,59-60H,1H3. The van der Waals surface area contributed by atoms with Crippen LogP contribution in [0.25, 0.3) is 90.9 Å². The molecule has 288 valence electrons. The van der Waals surface area contributed by atoms with Crippen molar-refractivity contribution in [3.63, 3.8) is 0 Å². The van der Waals surface area contributed by atoms with E-state index in [1.807, 2.05) is 42.5 Å². The average molecular weight is 817 g/mol. The van der Waals surface area contributed by atoms with Gasteiger partial charge in [0.1, 0.15) is 5.75 Å². The Labute approximate surface area is 356 Å². The number of hydrogen-bond donors (Lipinski definition) is 3. The Morgan fingerprint density at radius 1 is 0.500 bits per heavy atom. The molecule has 5 heterocycles. The molecule has 2 aliphatic rings. The summed E-state index contributed by atoms with van der Waals surface area (Å²) in [4.78, 5) is 23.0. The molecule has 6 nitrogen and oxygen atoms in total. The number of phenols is 1. The van der Waals surface area contributed by atoms with Crippen LogP contribution < -0.4 is 0 Å². The number of rotatable bonds is 6. The number of hydrogen-bond acceptors (Lipinski definition) is 4. The van der Waals surface area contributed by atoms with E-state index < -0.39 is 0 Å². The molecule has 0 radical (unpaired) electrons. The van der Waals surface area contributed by atoms with Gasteiger partial charge in [-0.1, -0.05) is 126 Å². The third-order valence-electron chi connectivity index (χ3n) is 10.9. The number of halogens is 2. The second-order valence-electron chi connectivity index (χ2n) is 14.6. The molecule has 0 amide bonds. The fraction of sp³-hybridized carbons (Fsp3) is 0.0192. The Morgan fingerprint density at radius 3 is 1.25 bits per heavy atom. The van der Waals surface area contributed by atoms with Gasteiger partial charge >= 0.3 is 0 Å². The van der Waals surface area contributed by atoms with Gasteiger partial charge in [0.2, 0.25) is 0 Å². The highest BCUT2D eigenvalue weighted by Crippen LogP contribution is 2.39. The molecule has 0 spiro atoms. The minimum absolute atomic E-state index is 0.0574. The molecule has 8 heteroatoms. The van der Waals surface area contributed by atoms with Gasteiger partial charge in [0.15, 0.2) is 0 Å². The van der Waals surface area contributed by atoms with E-state index in [1.54, 1.807) is 19.2 Å². The van der Waals surface area contributed by atoms with Gasteiger partial charge in [-0.05, 0) is 102 Å². The van der Waals surface area contributed by atoms with Crippen LogP contribution in [0.4, 0.5) is 5.69 Å². The molecule has 5 aromatic carbocycles. The van der Waals surface area contributed by atoms with Gasteiger partial charge in [-0.2, -0.15) is 0 Å². The quantitative estimate of drug-likeness (QED) is 0.146. The normalized spacial score (nSPS) is 12.1. The van der Waals surface area contributed by atoms with Crippen LogP contribution in [0.15, 0.2) is 151 Å². The second-order valence-corrected chi connectivity index (χ2v) is 15.4. The van der Waals surface area contributed by atoms with Crippen LogP contribution in [-0.2, 0) is 0 Å². The van der Waals surface area contributed by atoms with Gasteiger partial charge in [-0.25, -0.2) is 9.97 Å². The molecule has 2 aliphatic heterocycles. The zero-order valence-electron chi connectivity index (χ0n) is 32.3. The summed E-state index contributed by atoms with van der Waals surface area (Å²) < 4.78 is 0. The minimum Gasteiger partial charge on any atom is -0.506 e. The van der Waals surface area contributed by atoms with E-state index in [4.69, 9.17) is 33.2 Å². The van der Waals surface area contributed by atoms with E-state index >= 15 is 0 Å². The van der Waals surface area contributed by atoms with Crippen molar-refractivity contribution in [2.45, 2.75) is 6.92 Å². The van der Waals surface area contributed by atoms with Crippen molar-refractivity contribution < 1.29 is 5.11 Å². The number of benzene rings is 5. The van der Waals surface area contributed by atoms with Gasteiger partial charge in [-0.3, -0.25) is 4.99 Å². The number of nitrogens with one attached hydrogen (secondary N) is 2. The molecule has 0 atom stereocenters. The van der Waals surface area contributed by atoms with E-state index in [0.29, 0.717) is 21.8 Å². The van der Waals surface area contributed by atoms with Crippen LogP contribution in [-0.4, -0.2) is 31.3 Å². The van der Waals surface area contributed by atoms with E-state index in [-0.39, 0.29) is 10.8 Å². The molecule has 10 rings (SSSR count). The SMILES string of the molecule is Cc1c(Cl)cc(C=Nc2ccc(-c3c4nc(c(-c5ccccc5)c5ccc([nH]5)c(-c5ccccc5)c5nc(c(-c6ccccc6)c6ccc3[nH]6)C=C5)C=C4)cc2)c(O)c1Cl. The highest BCUT2D eigenvalue weighted by molar-refractivity contribution is 6.37. The molecule has 3 N–H and O–H groups in total. The van der Waals surface area contributed by atoms with E-state index in [9.17, 15) is 5.11 Å². The summed E-state index contributed by atoms with van der Waals surface area (Å²) in [5.41, 5.74) is 16.8. The summed E-state index contributed by atoms with van der Waals surface area (Å²) in [6.07, 6.45) is 9.97. The van der Waals surface area contributed by atoms with Crippen molar-refractivity contribution in [3.8, 4) is 50.3 Å². The number of H-pyrrole nitrogens is 2. The Morgan fingerprint density at radius 2 is 0.867 bits per heavy atom. The number of aliphatic imine (C=N–C) groups is 1. The van der Waals surface area contributed by atoms with E-state index in [1.165, 1.54) is 0 Å². The highest BCUT2D eigenvalue weighted by atomic mass is 35.5. The maximum atomic E-state index is 10.7. The van der Waals surface area contributed by atoms with Crippen molar-refractivity contribution in [2.75, 3.05) is 0 Å². The first kappa shape index (κ1) is 37.0. The van der Waals surface area contributed by atoms with Crippen LogP contribution >= 0.6 is 23.2 Å². The molecule has 0 saturated heterocycles. The first-order valence-corrected chi connectivity index (χ1v) is 20.3. The minimum atomic E-state index is -0.0574. The summed E-state index contributed by atoms with van der Waals surface area (Å²) in [5.74, 6) is -0.0574. The lowest BCUT2D eigenvalue weighted by Gasteiger charge is -2.08. The lowest BCUT2D eigenvalue weighted by atomic mass is 10.0. The molecule has 0 saturated carbocycles. The Balaban J connectivity index is 1.25. The van der Waals surface area contributed by atoms with Crippen molar-refractivity contribution in [2.24, 2.45) is 4.99 Å². The average Bonchev–Trinajstić information content (AvgIpc) is 4.14. The second kappa shape index (κ2) is 15.5. The Bertz CT molecular complexity index is 3180. The molecule has 8 bridgehead atoms. The van der Waals surface area contributed by atoms with Crippen molar-refractivity contribution >= 4 is 81.5 Å². The van der Waals surface area contributed by atoms with Crippen LogP contribution in [0, 0.1) is 6.92 Å². The molecular weight excluding hydrogens is 782 g/mol. The summed E-state index contributed by atoms with van der Waals surface area (Å²) in [6.45, 7) is 1.76. The lowest BCUT2D eigenvalue weighted by Crippen LogP contribution is -1.89. The summed E-state index contributed by atoms with van der Waals surface area (Å²) in [7, 11) is 0. The van der Waals surface area contributed by atoms with Gasteiger partial charge < -0.3 is 15.1 Å². The van der Waals surface area contributed by atoms with Crippen molar-refractivity contribution in [3.05, 3.63) is 190 Å². The summed E-state index contributed by atoms with van der Waals surface area (Å²) >= 11 is 12.7. The van der Waals surface area contributed by atoms with Crippen molar-refractivity contribution in [1.29, 1.82) is 0 Å². The Kier molecular flexibility index (Phi) is 9.57. The Hall–Kier alpha value is -7.25. The van der Waals surface area contributed by atoms with Crippen molar-refractivity contribution in [1.82, 2.24) is 19.9 Å². The number of aromatic nitrogens is 4. The maximum absolute atomic E-state index is 10.7. The van der Waals surface area contributed by atoms with Gasteiger partial charge in [0.05, 0.1) is 33.5 Å². The predicted molar refractivity (Wildman–Crippen MR) is 251 cm³/mol. The molecule has 0 fully saturated rings. The molecule has 3 aromatic heterocycles. The third-order valence-corrected chi connectivity index (χ3v) is 11.8. The number of nitrogens with zero attached hydrogens (tertiary/aromatic N) is 3. The van der Waals surface area contributed by atoms with E-state index in [0.717, 1.165) is 89.4 Å². The van der Waals surface area contributed by atoms with Gasteiger partial charge in [0.25, 0.3) is 0 Å². The van der Waals surface area contributed by atoms with Crippen LogP contribution in [0.5, 0.6) is 5.75 Å². The molecular formula is C52H35Cl2N5O. The number of aromatic amines is 2. The summed E-state index contributed by atoms with van der Waals surface area (Å²) in [6, 6.07) is 49.3. The molecule has 0 aliphatic carbocycles. The number of phenolic OH excluding ortho intramolecular Hbond substituents is 1. The van der Waals surface area contributed by atoms with Crippen LogP contribution in [0.3, 0.4) is 0 Å². The third kappa shape index (κ3) is 6.82. The van der Waals surface area contributed by atoms with Gasteiger partial charge in [-0.15, -0.1) is 0 Å². The van der Waals surface area contributed by atoms with Crippen LogP contribution in [0.2, 0.25) is 10.0 Å². The highest BCUT2D eigenvalue weighted by Gasteiger charge is 2.19. The van der Waals surface area contributed by atoms with E-state index in [2.05, 4.69) is 136 Å². The van der Waals surface area contributed by atoms with Gasteiger partial charge in [0, 0.05) is 61.1 Å². The largest absolute Gasteiger partial charge is 0.506 e. The predicted octanol–water partition coefficient (Wildman–Crippen LogP) is 14.4. The molecule has 8 aromatic rings. The topological polar surface area (TPSA) is 90.0 Å². The smallest absolute Gasteiger partial charge is 0.143 e. The number of aromatic hydroxyl groups is 1. The summed E-state index contributed by atoms with van der Waals surface area (Å²) in [5, 5.41) is 11.3. The maximum Gasteiger partial charge on any atom is 0.143 e. The first-order valence-electron chi connectivity index (χ1n) is 19.5. The molecule has 60 heavy (non-hydrogen) atoms. The lowest BCUT2D eigenvalue weighted by molar-refractivity contribution is 0.474. The number of fused-ring (bicyclic) bond motifs is 8. The monoisotopic (exact) mass is 815 g/mol. The fourth-order valence-electron chi connectivity index (χ4n) is 7.91. The molecule has 0 unspecified atom stereocenters. The fourth-order valence-corrected chi connectivity index (χ4v) is 8.38. The zero-order chi connectivity index (χ0) is 40.7. The zero-order valence-corrected chi connectivity index (χ0v) is 33.8. The van der Waals surface area contributed by atoms with Crippen LogP contribution in [0.1, 0.15) is 33.9 Å².